The zero-order valence-electron chi connectivity index (χ0n) is 13.8. The zero-order chi connectivity index (χ0) is 16.5. The van der Waals surface area contributed by atoms with Gasteiger partial charge in [-0.2, -0.15) is 0 Å². The molecule has 0 fully saturated rings. The van der Waals surface area contributed by atoms with Gasteiger partial charge in [0.2, 0.25) is 0 Å². The number of fused-ring (bicyclic) bond motifs is 1. The minimum Gasteiger partial charge on any atom is -0.229 e. The van der Waals surface area contributed by atoms with E-state index in [0.717, 1.165) is 5.69 Å². The summed E-state index contributed by atoms with van der Waals surface area (Å²) in [4.78, 5) is 0. The molecule has 3 nitrogen and oxygen atoms in total. The number of benzene rings is 3. The molecule has 1 aromatic heterocycles. The van der Waals surface area contributed by atoms with Crippen LogP contribution in [0.5, 0.6) is 0 Å². The summed E-state index contributed by atoms with van der Waals surface area (Å²) >= 11 is 0. The molecule has 0 radical (unpaired) electrons. The fourth-order valence-corrected chi connectivity index (χ4v) is 3.05. The van der Waals surface area contributed by atoms with E-state index in [1.165, 1.54) is 33.0 Å². The lowest BCUT2D eigenvalue weighted by atomic mass is 9.96. The van der Waals surface area contributed by atoms with Crippen molar-refractivity contribution in [1.82, 2.24) is 10.2 Å². The van der Waals surface area contributed by atoms with Crippen LogP contribution in [0.3, 0.4) is 0 Å². The molecule has 0 atom stereocenters. The smallest absolute Gasteiger partial charge is 0.229 e. The van der Waals surface area contributed by atoms with Crippen LogP contribution in [0, 0.1) is 6.92 Å². The molecule has 0 aliphatic rings. The molecule has 0 aliphatic carbocycles. The van der Waals surface area contributed by atoms with Crippen LogP contribution in [0.2, 0.25) is 0 Å². The molecule has 3 heteroatoms. The Labute approximate surface area is 141 Å². The highest BCUT2D eigenvalue weighted by Crippen LogP contribution is 2.29. The zero-order valence-corrected chi connectivity index (χ0v) is 13.8. The summed E-state index contributed by atoms with van der Waals surface area (Å²) in [5, 5.41) is 10.5. The van der Waals surface area contributed by atoms with Crippen molar-refractivity contribution in [3.63, 3.8) is 0 Å². The highest BCUT2D eigenvalue weighted by atomic mass is 15.2. The van der Waals surface area contributed by atoms with Gasteiger partial charge < -0.3 is 0 Å². The lowest BCUT2D eigenvalue weighted by Gasteiger charge is -2.09. The van der Waals surface area contributed by atoms with E-state index >= 15 is 0 Å². The second kappa shape index (κ2) is 5.85. The van der Waals surface area contributed by atoms with E-state index in [2.05, 4.69) is 77.8 Å². The molecule has 0 aliphatic heterocycles. The summed E-state index contributed by atoms with van der Waals surface area (Å²) in [7, 11) is 1.99. The van der Waals surface area contributed by atoms with Crippen molar-refractivity contribution in [2.75, 3.05) is 0 Å². The molecule has 3 aromatic carbocycles. The maximum absolute atomic E-state index is 4.04. The van der Waals surface area contributed by atoms with Crippen molar-refractivity contribution in [1.29, 1.82) is 0 Å². The fraction of sp³-hybridized carbons (Fsp3) is 0.0952. The second-order valence-electron chi connectivity index (χ2n) is 6.06. The normalized spacial score (nSPS) is 10.9. The van der Waals surface area contributed by atoms with E-state index < -0.39 is 0 Å². The average molecular weight is 312 g/mol. The van der Waals surface area contributed by atoms with E-state index in [0.29, 0.717) is 0 Å². The Kier molecular flexibility index (Phi) is 3.54. The maximum atomic E-state index is 4.04. The van der Waals surface area contributed by atoms with Gasteiger partial charge in [0.25, 0.3) is 0 Å². The maximum Gasteiger partial charge on any atom is 0.314 e. The van der Waals surface area contributed by atoms with Gasteiger partial charge in [-0.05, 0) is 51.6 Å². The molecule has 24 heavy (non-hydrogen) atoms. The number of rotatable bonds is 2. The van der Waals surface area contributed by atoms with Crippen LogP contribution >= 0.6 is 0 Å². The molecule has 0 spiro atoms. The number of hydrogen-bond acceptors (Lipinski definition) is 2. The van der Waals surface area contributed by atoms with Crippen LogP contribution < -0.4 is 4.57 Å². The Morgan fingerprint density at radius 2 is 1.54 bits per heavy atom. The molecular formula is C21H18N3+. The van der Waals surface area contributed by atoms with Crippen molar-refractivity contribution >= 4 is 10.8 Å². The molecule has 0 bridgehead atoms. The van der Waals surface area contributed by atoms with Gasteiger partial charge in [-0.1, -0.05) is 48.5 Å². The molecule has 0 saturated carbocycles. The molecule has 0 N–H and O–H groups in total. The van der Waals surface area contributed by atoms with Gasteiger partial charge in [0, 0.05) is 5.56 Å². The van der Waals surface area contributed by atoms with E-state index in [-0.39, 0.29) is 0 Å². The SMILES string of the molecule is Cc1ccc(-c2ccc3ccccc3c2)cc1-c1cnnc[n+]1C. The highest BCUT2D eigenvalue weighted by molar-refractivity contribution is 5.87. The van der Waals surface area contributed by atoms with Gasteiger partial charge >= 0.3 is 6.33 Å². The van der Waals surface area contributed by atoms with Gasteiger partial charge in [-0.15, -0.1) is 0 Å². The number of nitrogens with zero attached hydrogens (tertiary/aromatic N) is 3. The van der Waals surface area contributed by atoms with Crippen molar-refractivity contribution in [3.05, 3.63) is 78.8 Å². The monoisotopic (exact) mass is 312 g/mol. The molecular weight excluding hydrogens is 294 g/mol. The summed E-state index contributed by atoms with van der Waals surface area (Å²) in [5.41, 5.74) is 5.89. The van der Waals surface area contributed by atoms with Crippen LogP contribution in [0.25, 0.3) is 33.2 Å². The average Bonchev–Trinajstić information content (AvgIpc) is 2.62. The van der Waals surface area contributed by atoms with Crippen LogP contribution in [0.4, 0.5) is 0 Å². The third-order valence-electron chi connectivity index (χ3n) is 4.45. The largest absolute Gasteiger partial charge is 0.314 e. The van der Waals surface area contributed by atoms with Crippen molar-refractivity contribution in [2.24, 2.45) is 7.05 Å². The molecule has 116 valence electrons. The van der Waals surface area contributed by atoms with Crippen LogP contribution in [0.1, 0.15) is 5.56 Å². The molecule has 0 amide bonds. The lowest BCUT2D eigenvalue weighted by Crippen LogP contribution is -2.31. The highest BCUT2D eigenvalue weighted by Gasteiger charge is 2.12. The Hall–Kier alpha value is -3.07. The topological polar surface area (TPSA) is 29.7 Å². The standard InChI is InChI=1S/C21H18N3/c1-15-7-8-19(12-20(15)21-13-22-23-14-24(21)2)18-10-9-16-5-3-4-6-17(16)11-18/h3-14H,1-2H3/q+1. The van der Waals surface area contributed by atoms with Crippen molar-refractivity contribution < 1.29 is 4.57 Å². The predicted molar refractivity (Wildman–Crippen MR) is 96.3 cm³/mol. The first-order valence-electron chi connectivity index (χ1n) is 7.99. The van der Waals surface area contributed by atoms with Crippen molar-refractivity contribution in [2.45, 2.75) is 6.92 Å². The Morgan fingerprint density at radius 3 is 2.38 bits per heavy atom. The number of aryl methyl sites for hydroxylation is 2. The van der Waals surface area contributed by atoms with Gasteiger partial charge in [0.1, 0.15) is 6.20 Å². The van der Waals surface area contributed by atoms with E-state index in [4.69, 9.17) is 0 Å². The third kappa shape index (κ3) is 2.54. The Balaban J connectivity index is 1.87. The minimum absolute atomic E-state index is 1.06. The predicted octanol–water partition coefficient (Wildman–Crippen LogP) is 4.10. The first-order chi connectivity index (χ1) is 11.7. The number of hydrogen-bond donors (Lipinski definition) is 0. The second-order valence-corrected chi connectivity index (χ2v) is 6.06. The molecule has 0 saturated heterocycles. The van der Waals surface area contributed by atoms with E-state index in [1.54, 1.807) is 6.33 Å². The Bertz CT molecular complexity index is 1040. The van der Waals surface area contributed by atoms with Crippen LogP contribution in [0.15, 0.2) is 73.2 Å². The first kappa shape index (κ1) is 14.5. The number of aromatic nitrogens is 3. The van der Waals surface area contributed by atoms with E-state index in [9.17, 15) is 0 Å². The molecule has 0 unspecified atom stereocenters. The first-order valence-corrected chi connectivity index (χ1v) is 7.99. The third-order valence-corrected chi connectivity index (χ3v) is 4.45. The molecule has 4 rings (SSSR count). The molecule has 4 aromatic rings. The van der Waals surface area contributed by atoms with Crippen molar-refractivity contribution in [3.8, 4) is 22.4 Å². The van der Waals surface area contributed by atoms with Gasteiger partial charge in [0.15, 0.2) is 5.69 Å². The summed E-state index contributed by atoms with van der Waals surface area (Å²) in [6, 6.07) is 21.6. The van der Waals surface area contributed by atoms with Gasteiger partial charge in [0.05, 0.1) is 12.1 Å². The summed E-state index contributed by atoms with van der Waals surface area (Å²) < 4.78 is 2.00. The quantitative estimate of drug-likeness (QED) is 0.522. The minimum atomic E-state index is 1.06. The summed E-state index contributed by atoms with van der Waals surface area (Å²) in [5.74, 6) is 0. The molecule has 1 heterocycles. The van der Waals surface area contributed by atoms with E-state index in [1.807, 2.05) is 17.8 Å². The summed E-state index contributed by atoms with van der Waals surface area (Å²) in [6.07, 6.45) is 3.55. The fourth-order valence-electron chi connectivity index (χ4n) is 3.05. The Morgan fingerprint density at radius 1 is 0.792 bits per heavy atom. The van der Waals surface area contributed by atoms with Crippen LogP contribution in [-0.4, -0.2) is 10.2 Å². The van der Waals surface area contributed by atoms with Crippen LogP contribution in [-0.2, 0) is 7.05 Å². The van der Waals surface area contributed by atoms with Gasteiger partial charge in [-0.25, -0.2) is 4.57 Å². The lowest BCUT2D eigenvalue weighted by molar-refractivity contribution is -0.664. The summed E-state index contributed by atoms with van der Waals surface area (Å²) in [6.45, 7) is 2.12. The van der Waals surface area contributed by atoms with Gasteiger partial charge in [-0.3, -0.25) is 0 Å².